The van der Waals surface area contributed by atoms with E-state index in [1.165, 1.54) is 12.1 Å². The molecule has 0 aromatic heterocycles. The van der Waals surface area contributed by atoms with Crippen LogP contribution in [0.3, 0.4) is 0 Å². The molecule has 0 bridgehead atoms. The van der Waals surface area contributed by atoms with Crippen molar-refractivity contribution in [3.8, 4) is 0 Å². The lowest BCUT2D eigenvalue weighted by molar-refractivity contribution is -0.123. The van der Waals surface area contributed by atoms with Crippen LogP contribution in [0.25, 0.3) is 0 Å². The van der Waals surface area contributed by atoms with E-state index in [1.807, 2.05) is 6.92 Å². The number of nitrogens with one attached hydrogen (secondary N) is 3. The Morgan fingerprint density at radius 1 is 1.14 bits per heavy atom. The lowest BCUT2D eigenvalue weighted by Gasteiger charge is -2.19. The Labute approximate surface area is 164 Å². The molecule has 9 nitrogen and oxygen atoms in total. The van der Waals surface area contributed by atoms with Crippen LogP contribution < -0.4 is 16.0 Å². The van der Waals surface area contributed by atoms with E-state index in [1.54, 1.807) is 39.8 Å². The number of hydrogen-bond donors (Lipinski definition) is 3. The van der Waals surface area contributed by atoms with Crippen LogP contribution >= 0.6 is 0 Å². The maximum absolute atomic E-state index is 12.1. The van der Waals surface area contributed by atoms with Gasteiger partial charge in [-0.3, -0.25) is 15.4 Å². The summed E-state index contributed by atoms with van der Waals surface area (Å²) in [5.41, 5.74) is -0.193. The topological polar surface area (TPSA) is 123 Å². The normalized spacial score (nSPS) is 11.8. The van der Waals surface area contributed by atoms with E-state index in [4.69, 9.17) is 9.47 Å². The predicted octanol–water partition coefficient (Wildman–Crippen LogP) is 2.81. The minimum atomic E-state index is -0.773. The van der Waals surface area contributed by atoms with Crippen LogP contribution in [0.2, 0.25) is 0 Å². The van der Waals surface area contributed by atoms with E-state index >= 15 is 0 Å². The highest BCUT2D eigenvalue weighted by Crippen LogP contribution is 2.14. The van der Waals surface area contributed by atoms with Gasteiger partial charge in [-0.1, -0.05) is 13.0 Å². The van der Waals surface area contributed by atoms with Crippen LogP contribution in [-0.2, 0) is 14.3 Å². The van der Waals surface area contributed by atoms with Crippen molar-refractivity contribution in [2.75, 3.05) is 11.9 Å². The van der Waals surface area contributed by atoms with Crippen LogP contribution in [0.4, 0.5) is 15.3 Å². The highest BCUT2D eigenvalue weighted by atomic mass is 16.6. The second-order valence-corrected chi connectivity index (χ2v) is 7.11. The minimum absolute atomic E-state index is 0.0874. The van der Waals surface area contributed by atoms with Crippen molar-refractivity contribution < 1.29 is 28.7 Å². The van der Waals surface area contributed by atoms with Crippen molar-refractivity contribution in [2.24, 2.45) is 0 Å². The van der Waals surface area contributed by atoms with Crippen molar-refractivity contribution in [3.63, 3.8) is 0 Å². The van der Waals surface area contributed by atoms with Gasteiger partial charge in [-0.05, 0) is 52.3 Å². The molecule has 1 rings (SSSR count). The number of urea groups is 1. The minimum Gasteiger partial charge on any atom is -0.452 e. The van der Waals surface area contributed by atoms with Crippen LogP contribution in [0.1, 0.15) is 51.4 Å². The molecular formula is C19H27N3O6. The number of carbonyl (C=O) groups is 4. The van der Waals surface area contributed by atoms with Crippen molar-refractivity contribution in [2.45, 2.75) is 52.7 Å². The molecule has 0 heterocycles. The van der Waals surface area contributed by atoms with Crippen LogP contribution in [-0.4, -0.2) is 42.3 Å². The SMILES string of the molecule is CC[C@H](C)NC(=O)NC(=O)COC(=O)c1cccc(NC(=O)OC(C)(C)C)c1. The Hall–Kier alpha value is -3.10. The molecule has 0 spiro atoms. The van der Waals surface area contributed by atoms with E-state index in [2.05, 4.69) is 16.0 Å². The van der Waals surface area contributed by atoms with Gasteiger partial charge in [-0.25, -0.2) is 14.4 Å². The van der Waals surface area contributed by atoms with E-state index in [-0.39, 0.29) is 11.6 Å². The molecule has 0 aliphatic heterocycles. The third kappa shape index (κ3) is 9.02. The van der Waals surface area contributed by atoms with Gasteiger partial charge in [0.25, 0.3) is 5.91 Å². The summed E-state index contributed by atoms with van der Waals surface area (Å²) in [7, 11) is 0. The van der Waals surface area contributed by atoms with Crippen molar-refractivity contribution in [1.29, 1.82) is 0 Å². The lowest BCUT2D eigenvalue weighted by atomic mass is 10.2. The van der Waals surface area contributed by atoms with Crippen LogP contribution in [0.15, 0.2) is 24.3 Å². The summed E-state index contributed by atoms with van der Waals surface area (Å²) in [6.07, 6.45) is 0.0503. The first kappa shape index (κ1) is 22.9. The smallest absolute Gasteiger partial charge is 0.412 e. The summed E-state index contributed by atoms with van der Waals surface area (Å²) >= 11 is 0. The molecular weight excluding hydrogens is 366 g/mol. The molecule has 1 aromatic rings. The fourth-order valence-corrected chi connectivity index (χ4v) is 1.88. The van der Waals surface area contributed by atoms with Gasteiger partial charge in [0.15, 0.2) is 6.61 Å². The zero-order chi connectivity index (χ0) is 21.3. The average Bonchev–Trinajstić information content (AvgIpc) is 2.57. The average molecular weight is 393 g/mol. The van der Waals surface area contributed by atoms with E-state index in [0.29, 0.717) is 12.1 Å². The standard InChI is InChI=1S/C19H27N3O6/c1-6-12(2)20-17(25)22-15(23)11-27-16(24)13-8-7-9-14(10-13)21-18(26)28-19(3,4)5/h7-10,12H,6,11H2,1-5H3,(H,21,26)(H2,20,22,23,25)/t12-/m0/s1. The quantitative estimate of drug-likeness (QED) is 0.639. The molecule has 0 unspecified atom stereocenters. The van der Waals surface area contributed by atoms with Crippen LogP contribution in [0, 0.1) is 0 Å². The largest absolute Gasteiger partial charge is 0.452 e. The molecule has 1 aromatic carbocycles. The number of benzene rings is 1. The summed E-state index contributed by atoms with van der Waals surface area (Å²) in [6.45, 7) is 8.26. The number of esters is 1. The monoisotopic (exact) mass is 393 g/mol. The van der Waals surface area contributed by atoms with E-state index < -0.39 is 36.2 Å². The number of anilines is 1. The summed E-state index contributed by atoms with van der Waals surface area (Å²) < 4.78 is 10.0. The Kier molecular flexibility index (Phi) is 8.43. The first-order valence-corrected chi connectivity index (χ1v) is 8.87. The van der Waals surface area contributed by atoms with Gasteiger partial charge in [0.05, 0.1) is 5.56 Å². The third-order valence-electron chi connectivity index (χ3n) is 3.32. The van der Waals surface area contributed by atoms with Gasteiger partial charge in [0, 0.05) is 11.7 Å². The molecule has 0 fully saturated rings. The molecule has 28 heavy (non-hydrogen) atoms. The number of imide groups is 1. The van der Waals surface area contributed by atoms with Crippen molar-refractivity contribution in [1.82, 2.24) is 10.6 Å². The molecule has 0 saturated carbocycles. The highest BCUT2D eigenvalue weighted by molar-refractivity contribution is 5.97. The van der Waals surface area contributed by atoms with E-state index in [9.17, 15) is 19.2 Å². The molecule has 0 aliphatic carbocycles. The zero-order valence-corrected chi connectivity index (χ0v) is 16.8. The maximum atomic E-state index is 12.1. The van der Waals surface area contributed by atoms with Crippen molar-refractivity contribution >= 4 is 29.7 Å². The first-order chi connectivity index (χ1) is 13.0. The number of amides is 4. The Morgan fingerprint density at radius 2 is 1.82 bits per heavy atom. The first-order valence-electron chi connectivity index (χ1n) is 8.87. The second-order valence-electron chi connectivity index (χ2n) is 7.11. The fourth-order valence-electron chi connectivity index (χ4n) is 1.88. The summed E-state index contributed by atoms with van der Waals surface area (Å²) in [5.74, 6) is -1.53. The molecule has 0 radical (unpaired) electrons. The predicted molar refractivity (Wildman–Crippen MR) is 103 cm³/mol. The maximum Gasteiger partial charge on any atom is 0.412 e. The Morgan fingerprint density at radius 3 is 2.43 bits per heavy atom. The van der Waals surface area contributed by atoms with Crippen molar-refractivity contribution in [3.05, 3.63) is 29.8 Å². The van der Waals surface area contributed by atoms with Gasteiger partial charge < -0.3 is 14.8 Å². The summed E-state index contributed by atoms with van der Waals surface area (Å²) in [6, 6.07) is 5.24. The molecule has 0 aliphatic rings. The fraction of sp³-hybridized carbons (Fsp3) is 0.474. The molecule has 9 heteroatoms. The summed E-state index contributed by atoms with van der Waals surface area (Å²) in [4.78, 5) is 47.1. The molecule has 154 valence electrons. The number of rotatable bonds is 6. The molecule has 3 N–H and O–H groups in total. The molecule has 1 atom stereocenters. The van der Waals surface area contributed by atoms with Gasteiger partial charge >= 0.3 is 18.1 Å². The Bertz CT molecular complexity index is 727. The van der Waals surface area contributed by atoms with Gasteiger partial charge in [0.1, 0.15) is 5.60 Å². The lowest BCUT2D eigenvalue weighted by Crippen LogP contribution is -2.44. The molecule has 0 saturated heterocycles. The zero-order valence-electron chi connectivity index (χ0n) is 16.8. The highest BCUT2D eigenvalue weighted by Gasteiger charge is 2.17. The second kappa shape index (κ2) is 10.3. The van der Waals surface area contributed by atoms with Gasteiger partial charge in [-0.15, -0.1) is 0 Å². The Balaban J connectivity index is 2.55. The number of hydrogen-bond acceptors (Lipinski definition) is 6. The number of carbonyl (C=O) groups excluding carboxylic acids is 4. The van der Waals surface area contributed by atoms with Gasteiger partial charge in [-0.2, -0.15) is 0 Å². The summed E-state index contributed by atoms with van der Waals surface area (Å²) in [5, 5.41) is 7.14. The van der Waals surface area contributed by atoms with E-state index in [0.717, 1.165) is 0 Å². The van der Waals surface area contributed by atoms with Gasteiger partial charge in [0.2, 0.25) is 0 Å². The molecule has 4 amide bonds. The van der Waals surface area contributed by atoms with Crippen LogP contribution in [0.5, 0.6) is 0 Å². The number of ether oxygens (including phenoxy) is 2. The third-order valence-corrected chi connectivity index (χ3v) is 3.32.